The summed E-state index contributed by atoms with van der Waals surface area (Å²) in [6.07, 6.45) is -7.30. The summed E-state index contributed by atoms with van der Waals surface area (Å²) in [5, 5.41) is 22.6. The van der Waals surface area contributed by atoms with Crippen molar-refractivity contribution in [3.05, 3.63) is 58.7 Å². The number of hydrogen-bond donors (Lipinski definition) is 3. The lowest BCUT2D eigenvalue weighted by Crippen LogP contribution is -2.33. The molecule has 0 saturated carbocycles. The fourth-order valence-electron chi connectivity index (χ4n) is 2.89. The van der Waals surface area contributed by atoms with Gasteiger partial charge in [0.15, 0.2) is 0 Å². The van der Waals surface area contributed by atoms with Gasteiger partial charge < -0.3 is 15.5 Å². The van der Waals surface area contributed by atoms with Gasteiger partial charge in [0.05, 0.1) is 11.1 Å². The average molecular weight is 462 g/mol. The maximum absolute atomic E-state index is 12.9. The Balaban J connectivity index is 2.03. The van der Waals surface area contributed by atoms with Gasteiger partial charge in [-0.25, -0.2) is 0 Å². The molecule has 1 atom stereocenters. The van der Waals surface area contributed by atoms with E-state index in [1.807, 2.05) is 13.8 Å². The second-order valence-corrected chi connectivity index (χ2v) is 7.85. The fraction of sp³-hybridized carbons (Fsp3) is 0.409. The number of aliphatic imine (C=N–C) groups is 1. The molecule has 32 heavy (non-hydrogen) atoms. The Morgan fingerprint density at radius 3 is 2.03 bits per heavy atom. The number of phenolic OH excluding ortho intramolecular Hbond substituents is 2. The Kier molecular flexibility index (Phi) is 7.82. The molecular formula is C22H24F6N2O2. The number of rotatable bonds is 8. The molecule has 3 N–H and O–H groups in total. The van der Waals surface area contributed by atoms with Gasteiger partial charge >= 0.3 is 12.4 Å². The third-order valence-electron chi connectivity index (χ3n) is 5.19. The number of phenols is 2. The highest BCUT2D eigenvalue weighted by Crippen LogP contribution is 2.33. The number of nitrogens with one attached hydrogen (secondary N) is 1. The van der Waals surface area contributed by atoms with E-state index in [1.54, 1.807) is 0 Å². The van der Waals surface area contributed by atoms with Crippen molar-refractivity contribution in [2.24, 2.45) is 10.4 Å². The second kappa shape index (κ2) is 9.81. The molecule has 0 radical (unpaired) electrons. The topological polar surface area (TPSA) is 64.9 Å². The maximum atomic E-state index is 12.9. The van der Waals surface area contributed by atoms with Gasteiger partial charge in [0.25, 0.3) is 0 Å². The largest absolute Gasteiger partial charge is 0.508 e. The number of alkyl halides is 6. The Bertz CT molecular complexity index is 956. The first kappa shape index (κ1) is 25.5. The van der Waals surface area contributed by atoms with Crippen LogP contribution in [0.3, 0.4) is 0 Å². The Hall–Kier alpha value is -2.75. The van der Waals surface area contributed by atoms with Crippen molar-refractivity contribution in [2.45, 2.75) is 39.2 Å². The highest BCUT2D eigenvalue weighted by Gasteiger charge is 2.32. The summed E-state index contributed by atoms with van der Waals surface area (Å²) in [4.78, 5) is 4.17. The summed E-state index contributed by atoms with van der Waals surface area (Å²) in [5.74, 6) is -0.597. The molecule has 0 fully saturated rings. The first-order valence-electron chi connectivity index (χ1n) is 9.75. The van der Waals surface area contributed by atoms with Crippen molar-refractivity contribution in [2.75, 3.05) is 13.1 Å². The molecule has 0 amide bonds. The minimum absolute atomic E-state index is 0.0104. The van der Waals surface area contributed by atoms with Crippen molar-refractivity contribution >= 4 is 6.21 Å². The van der Waals surface area contributed by atoms with E-state index in [2.05, 4.69) is 10.3 Å². The van der Waals surface area contributed by atoms with E-state index in [4.69, 9.17) is 0 Å². The van der Waals surface area contributed by atoms with E-state index in [-0.39, 0.29) is 35.7 Å². The molecule has 0 aliphatic carbocycles. The number of nitrogens with zero attached hydrogens (tertiary/aromatic N) is 1. The van der Waals surface area contributed by atoms with E-state index in [1.165, 1.54) is 0 Å². The van der Waals surface area contributed by atoms with Gasteiger partial charge in [-0.2, -0.15) is 26.3 Å². The smallest absolute Gasteiger partial charge is 0.416 e. The Morgan fingerprint density at radius 1 is 0.906 bits per heavy atom. The van der Waals surface area contributed by atoms with Crippen LogP contribution in [0.5, 0.6) is 11.5 Å². The van der Waals surface area contributed by atoms with E-state index >= 15 is 0 Å². The van der Waals surface area contributed by atoms with Crippen LogP contribution < -0.4 is 5.32 Å². The van der Waals surface area contributed by atoms with Crippen molar-refractivity contribution in [1.82, 2.24) is 5.32 Å². The number of halogens is 6. The van der Waals surface area contributed by atoms with Crippen molar-refractivity contribution in [1.29, 1.82) is 0 Å². The van der Waals surface area contributed by atoms with Crippen LogP contribution in [-0.4, -0.2) is 29.5 Å². The van der Waals surface area contributed by atoms with Crippen LogP contribution in [0, 0.1) is 5.41 Å². The zero-order chi connectivity index (χ0) is 24.2. The highest BCUT2D eigenvalue weighted by atomic mass is 19.4. The average Bonchev–Trinajstić information content (AvgIpc) is 2.69. The minimum Gasteiger partial charge on any atom is -0.508 e. The molecule has 176 valence electrons. The van der Waals surface area contributed by atoms with Gasteiger partial charge in [0.2, 0.25) is 0 Å². The first-order valence-corrected chi connectivity index (χ1v) is 9.75. The van der Waals surface area contributed by atoms with Gasteiger partial charge in [-0.15, -0.1) is 0 Å². The standard InChI is InChI=1S/C22H24F6N2O2/c1-3-20(2,12-29-10-14-8-16(21(23,24)25)4-6-18(14)31)13-30-11-15-9-17(22(26,27)28)5-7-19(15)32/h4-10,30-32H,3,11-13H2,1-2H3/b29-10+. The number of hydrogen-bond acceptors (Lipinski definition) is 4. The molecule has 0 aromatic heterocycles. The number of benzene rings is 2. The summed E-state index contributed by atoms with van der Waals surface area (Å²) in [7, 11) is 0. The normalized spacial score (nSPS) is 14.6. The lowest BCUT2D eigenvalue weighted by molar-refractivity contribution is -0.138. The molecule has 0 spiro atoms. The molecule has 0 bridgehead atoms. The summed E-state index contributed by atoms with van der Waals surface area (Å²) >= 11 is 0. The van der Waals surface area contributed by atoms with Gasteiger partial charge in [0.1, 0.15) is 11.5 Å². The van der Waals surface area contributed by atoms with Crippen LogP contribution in [0.1, 0.15) is 42.5 Å². The van der Waals surface area contributed by atoms with Crippen LogP contribution in [0.4, 0.5) is 26.3 Å². The first-order chi connectivity index (χ1) is 14.7. The molecule has 0 aliphatic heterocycles. The quantitative estimate of drug-likeness (QED) is 0.345. The zero-order valence-corrected chi connectivity index (χ0v) is 17.5. The predicted molar refractivity (Wildman–Crippen MR) is 109 cm³/mol. The maximum Gasteiger partial charge on any atom is 0.416 e. The molecule has 2 aromatic carbocycles. The molecule has 1 unspecified atom stereocenters. The summed E-state index contributed by atoms with van der Waals surface area (Å²) in [6, 6.07) is 5.19. The molecule has 4 nitrogen and oxygen atoms in total. The second-order valence-electron chi connectivity index (χ2n) is 7.85. The van der Waals surface area contributed by atoms with Gasteiger partial charge in [-0.05, 0) is 48.2 Å². The molecule has 10 heteroatoms. The van der Waals surface area contributed by atoms with Crippen molar-refractivity contribution in [3.8, 4) is 11.5 Å². The van der Waals surface area contributed by atoms with E-state index in [0.29, 0.717) is 13.0 Å². The third kappa shape index (κ3) is 6.88. The Morgan fingerprint density at radius 2 is 1.47 bits per heavy atom. The third-order valence-corrected chi connectivity index (χ3v) is 5.19. The predicted octanol–water partition coefficient (Wildman–Crippen LogP) is 5.76. The van der Waals surface area contributed by atoms with Crippen LogP contribution in [0.15, 0.2) is 41.4 Å². The van der Waals surface area contributed by atoms with Crippen LogP contribution in [-0.2, 0) is 18.9 Å². The molecule has 0 saturated heterocycles. The van der Waals surface area contributed by atoms with Crippen LogP contribution >= 0.6 is 0 Å². The summed E-state index contributed by atoms with van der Waals surface area (Å²) in [5.41, 5.74) is -2.21. The van der Waals surface area contributed by atoms with Gasteiger partial charge in [0, 0.05) is 37.0 Å². The summed E-state index contributed by atoms with van der Waals surface area (Å²) in [6.45, 7) is 4.24. The lowest BCUT2D eigenvalue weighted by Gasteiger charge is -2.27. The Labute approximate surface area is 181 Å². The molecule has 2 aromatic rings. The van der Waals surface area contributed by atoms with Gasteiger partial charge in [-0.1, -0.05) is 13.8 Å². The monoisotopic (exact) mass is 462 g/mol. The zero-order valence-electron chi connectivity index (χ0n) is 17.5. The van der Waals surface area contributed by atoms with E-state index in [9.17, 15) is 36.6 Å². The van der Waals surface area contributed by atoms with E-state index < -0.39 is 28.9 Å². The lowest BCUT2D eigenvalue weighted by atomic mass is 9.87. The molecule has 0 heterocycles. The SMILES string of the molecule is CCC(C)(C/N=C/c1cc(C(F)(F)F)ccc1O)CNCc1cc(C(F)(F)F)ccc1O. The van der Waals surface area contributed by atoms with Crippen LogP contribution in [0.25, 0.3) is 0 Å². The summed E-state index contributed by atoms with van der Waals surface area (Å²) < 4.78 is 77.1. The van der Waals surface area contributed by atoms with E-state index in [0.717, 1.165) is 42.6 Å². The highest BCUT2D eigenvalue weighted by molar-refractivity contribution is 5.83. The van der Waals surface area contributed by atoms with Crippen LogP contribution in [0.2, 0.25) is 0 Å². The minimum atomic E-state index is -4.55. The number of aromatic hydroxyl groups is 2. The molecular weight excluding hydrogens is 438 g/mol. The van der Waals surface area contributed by atoms with Gasteiger partial charge in [-0.3, -0.25) is 4.99 Å². The molecule has 0 aliphatic rings. The molecule has 2 rings (SSSR count). The fourth-order valence-corrected chi connectivity index (χ4v) is 2.89. The van der Waals surface area contributed by atoms with Crippen molar-refractivity contribution < 1.29 is 36.6 Å². The van der Waals surface area contributed by atoms with Crippen molar-refractivity contribution in [3.63, 3.8) is 0 Å².